The van der Waals surface area contributed by atoms with Crippen LogP contribution in [0.1, 0.15) is 10.9 Å². The van der Waals surface area contributed by atoms with Gasteiger partial charge in [0.2, 0.25) is 5.91 Å². The van der Waals surface area contributed by atoms with Gasteiger partial charge in [0, 0.05) is 15.2 Å². The summed E-state index contributed by atoms with van der Waals surface area (Å²) in [5.41, 5.74) is 2.01. The summed E-state index contributed by atoms with van der Waals surface area (Å²) in [6, 6.07) is 15.5. The lowest BCUT2D eigenvalue weighted by molar-refractivity contribution is -0.115. The maximum atomic E-state index is 12.2. The predicted octanol–water partition coefficient (Wildman–Crippen LogP) is 4.88. The minimum atomic E-state index is 0.0248. The normalized spacial score (nSPS) is 18.6. The van der Waals surface area contributed by atoms with E-state index in [9.17, 15) is 4.79 Å². The second kappa shape index (κ2) is 5.80. The fraction of sp³-hybridized carbons (Fsp3) is 0.133. The van der Waals surface area contributed by atoms with Gasteiger partial charge in [-0.15, -0.1) is 11.8 Å². The minimum absolute atomic E-state index is 0.0248. The number of anilines is 1. The van der Waals surface area contributed by atoms with Crippen molar-refractivity contribution in [2.24, 2.45) is 0 Å². The molecule has 2 nitrogen and oxygen atoms in total. The molecule has 2 aromatic carbocycles. The molecule has 0 unspecified atom stereocenters. The minimum Gasteiger partial charge on any atom is -0.295 e. The van der Waals surface area contributed by atoms with Crippen molar-refractivity contribution in [3.05, 3.63) is 63.6 Å². The van der Waals surface area contributed by atoms with E-state index < -0.39 is 0 Å². The molecule has 20 heavy (non-hydrogen) atoms. The van der Waals surface area contributed by atoms with Crippen LogP contribution in [-0.2, 0) is 4.79 Å². The van der Waals surface area contributed by atoms with Gasteiger partial charge in [-0.3, -0.25) is 9.69 Å². The Labute approximate surface area is 135 Å². The van der Waals surface area contributed by atoms with Crippen LogP contribution in [0, 0.1) is 0 Å². The van der Waals surface area contributed by atoms with Crippen molar-refractivity contribution in [3.8, 4) is 0 Å². The number of carbonyl (C=O) groups excluding carboxylic acids is 1. The summed E-state index contributed by atoms with van der Waals surface area (Å²) in [7, 11) is 0. The number of thioether (sulfide) groups is 1. The van der Waals surface area contributed by atoms with Crippen LogP contribution >= 0.6 is 39.3 Å². The van der Waals surface area contributed by atoms with Crippen molar-refractivity contribution in [3.63, 3.8) is 0 Å². The van der Waals surface area contributed by atoms with Crippen LogP contribution in [0.25, 0.3) is 0 Å². The van der Waals surface area contributed by atoms with Gasteiger partial charge < -0.3 is 0 Å². The van der Waals surface area contributed by atoms with Gasteiger partial charge in [0.15, 0.2) is 0 Å². The molecular weight excluding hydrogens is 358 g/mol. The van der Waals surface area contributed by atoms with Crippen molar-refractivity contribution >= 4 is 50.9 Å². The number of hydrogen-bond acceptors (Lipinski definition) is 2. The fourth-order valence-corrected chi connectivity index (χ4v) is 3.75. The molecule has 1 heterocycles. The SMILES string of the molecule is O=C1CS[C@@H](c2ccc(Br)cc2)N1c1ccc(Cl)cc1. The molecule has 3 rings (SSSR count). The smallest absolute Gasteiger partial charge is 0.238 e. The van der Waals surface area contributed by atoms with Crippen LogP contribution in [0.15, 0.2) is 53.0 Å². The average molecular weight is 369 g/mol. The second-order valence-corrected chi connectivity index (χ2v) is 6.88. The third-order valence-corrected chi connectivity index (χ3v) is 5.12. The predicted molar refractivity (Wildman–Crippen MR) is 88.3 cm³/mol. The highest BCUT2D eigenvalue weighted by Crippen LogP contribution is 2.42. The van der Waals surface area contributed by atoms with Crippen LogP contribution in [0.3, 0.4) is 0 Å². The monoisotopic (exact) mass is 367 g/mol. The average Bonchev–Trinajstić information content (AvgIpc) is 2.83. The summed E-state index contributed by atoms with van der Waals surface area (Å²) in [5, 5.41) is 0.699. The summed E-state index contributed by atoms with van der Waals surface area (Å²) in [6.45, 7) is 0. The Morgan fingerprint density at radius 1 is 1.10 bits per heavy atom. The third-order valence-electron chi connectivity index (χ3n) is 3.13. The molecule has 5 heteroatoms. The second-order valence-electron chi connectivity index (χ2n) is 4.46. The van der Waals surface area contributed by atoms with E-state index in [0.29, 0.717) is 10.8 Å². The van der Waals surface area contributed by atoms with E-state index in [2.05, 4.69) is 15.9 Å². The van der Waals surface area contributed by atoms with E-state index in [4.69, 9.17) is 11.6 Å². The molecule has 1 saturated heterocycles. The maximum absolute atomic E-state index is 12.2. The Hall–Kier alpha value is -0.970. The Balaban J connectivity index is 1.96. The van der Waals surface area contributed by atoms with Gasteiger partial charge in [0.1, 0.15) is 5.37 Å². The first kappa shape index (κ1) is 14.0. The number of amides is 1. The highest BCUT2D eigenvalue weighted by Gasteiger charge is 2.33. The van der Waals surface area contributed by atoms with E-state index in [1.807, 2.05) is 53.4 Å². The van der Waals surface area contributed by atoms with Crippen molar-refractivity contribution in [1.29, 1.82) is 0 Å². The van der Waals surface area contributed by atoms with Gasteiger partial charge in [0.05, 0.1) is 5.75 Å². The summed E-state index contributed by atoms with van der Waals surface area (Å²) in [4.78, 5) is 14.0. The van der Waals surface area contributed by atoms with Crippen molar-refractivity contribution in [2.75, 3.05) is 10.7 Å². The molecule has 0 bridgehead atoms. The molecular formula is C15H11BrClNOS. The molecule has 102 valence electrons. The van der Waals surface area contributed by atoms with Crippen molar-refractivity contribution in [2.45, 2.75) is 5.37 Å². The van der Waals surface area contributed by atoms with Crippen LogP contribution in [0.2, 0.25) is 5.02 Å². The lowest BCUT2D eigenvalue weighted by atomic mass is 10.2. The molecule has 0 spiro atoms. The zero-order valence-electron chi connectivity index (χ0n) is 10.4. The molecule has 1 amide bonds. The topological polar surface area (TPSA) is 20.3 Å². The number of benzene rings is 2. The van der Waals surface area contributed by atoms with Crippen LogP contribution in [0.5, 0.6) is 0 Å². The third kappa shape index (κ3) is 2.73. The van der Waals surface area contributed by atoms with Gasteiger partial charge in [-0.25, -0.2) is 0 Å². The van der Waals surface area contributed by atoms with Crippen LogP contribution in [-0.4, -0.2) is 11.7 Å². The first-order valence-electron chi connectivity index (χ1n) is 6.10. The van der Waals surface area contributed by atoms with E-state index in [1.165, 1.54) is 0 Å². The first-order valence-corrected chi connectivity index (χ1v) is 8.32. The van der Waals surface area contributed by atoms with E-state index >= 15 is 0 Å². The molecule has 0 aliphatic carbocycles. The fourth-order valence-electron chi connectivity index (χ4n) is 2.18. The lowest BCUT2D eigenvalue weighted by Gasteiger charge is -2.24. The summed E-state index contributed by atoms with van der Waals surface area (Å²) in [5.74, 6) is 0.633. The summed E-state index contributed by atoms with van der Waals surface area (Å²) >= 11 is 11.0. The number of carbonyl (C=O) groups is 1. The van der Waals surface area contributed by atoms with Crippen LogP contribution < -0.4 is 4.90 Å². The van der Waals surface area contributed by atoms with Crippen LogP contribution in [0.4, 0.5) is 5.69 Å². The van der Waals surface area contributed by atoms with E-state index in [1.54, 1.807) is 11.8 Å². The standard InChI is InChI=1S/C15H11BrClNOS/c16-11-3-1-10(2-4-11)15-18(14(19)9-20-15)13-7-5-12(17)6-8-13/h1-8,15H,9H2/t15-/m0/s1. The highest BCUT2D eigenvalue weighted by atomic mass is 79.9. The lowest BCUT2D eigenvalue weighted by Crippen LogP contribution is -2.27. The molecule has 0 saturated carbocycles. The Morgan fingerprint density at radius 2 is 1.75 bits per heavy atom. The van der Waals surface area contributed by atoms with Gasteiger partial charge >= 0.3 is 0 Å². The molecule has 1 atom stereocenters. The largest absolute Gasteiger partial charge is 0.295 e. The molecule has 0 aromatic heterocycles. The molecule has 1 aliphatic heterocycles. The molecule has 2 aromatic rings. The van der Waals surface area contributed by atoms with Gasteiger partial charge in [-0.05, 0) is 42.0 Å². The summed E-state index contributed by atoms with van der Waals surface area (Å²) < 4.78 is 1.04. The van der Waals surface area contributed by atoms with E-state index in [-0.39, 0.29) is 11.3 Å². The van der Waals surface area contributed by atoms with Gasteiger partial charge in [-0.1, -0.05) is 39.7 Å². The molecule has 0 N–H and O–H groups in total. The highest BCUT2D eigenvalue weighted by molar-refractivity contribution is 9.10. The van der Waals surface area contributed by atoms with Crippen molar-refractivity contribution in [1.82, 2.24) is 0 Å². The number of rotatable bonds is 2. The quantitative estimate of drug-likeness (QED) is 0.753. The Kier molecular flexibility index (Phi) is 4.06. The Bertz CT molecular complexity index is 629. The first-order chi connectivity index (χ1) is 9.65. The zero-order chi connectivity index (χ0) is 14.1. The number of hydrogen-bond donors (Lipinski definition) is 0. The van der Waals surface area contributed by atoms with Gasteiger partial charge in [0.25, 0.3) is 0 Å². The maximum Gasteiger partial charge on any atom is 0.238 e. The molecule has 1 fully saturated rings. The van der Waals surface area contributed by atoms with E-state index in [0.717, 1.165) is 15.7 Å². The number of nitrogens with zero attached hydrogens (tertiary/aromatic N) is 1. The van der Waals surface area contributed by atoms with Crippen molar-refractivity contribution < 1.29 is 4.79 Å². The number of halogens is 2. The van der Waals surface area contributed by atoms with Gasteiger partial charge in [-0.2, -0.15) is 0 Å². The molecule has 0 radical (unpaired) electrons. The summed E-state index contributed by atoms with van der Waals surface area (Å²) in [6.07, 6.45) is 0. The zero-order valence-corrected chi connectivity index (χ0v) is 13.6. The Morgan fingerprint density at radius 3 is 2.40 bits per heavy atom. The molecule has 1 aliphatic rings.